The van der Waals surface area contributed by atoms with Crippen molar-refractivity contribution in [1.29, 1.82) is 0 Å². The molecule has 2 N–H and O–H groups in total. The summed E-state index contributed by atoms with van der Waals surface area (Å²) in [4.78, 5) is 4.46. The molecular formula is C13H16N2O. The molecule has 3 nitrogen and oxygen atoms in total. The molecule has 0 aliphatic rings. The van der Waals surface area contributed by atoms with E-state index in [0.29, 0.717) is 12.4 Å². The summed E-state index contributed by atoms with van der Waals surface area (Å²) in [6.45, 7) is 4.58. The number of benzene rings is 1. The lowest BCUT2D eigenvalue weighted by Crippen LogP contribution is -2.03. The Morgan fingerprint density at radius 3 is 2.81 bits per heavy atom. The first-order chi connectivity index (χ1) is 7.70. The van der Waals surface area contributed by atoms with Crippen LogP contribution in [0.3, 0.4) is 0 Å². The molecule has 0 unspecified atom stereocenters. The van der Waals surface area contributed by atoms with Crippen LogP contribution < -0.4 is 5.73 Å². The van der Waals surface area contributed by atoms with E-state index >= 15 is 0 Å². The lowest BCUT2D eigenvalue weighted by Gasteiger charge is -1.96. The molecule has 0 aliphatic carbocycles. The van der Waals surface area contributed by atoms with Crippen molar-refractivity contribution < 1.29 is 4.42 Å². The van der Waals surface area contributed by atoms with Crippen LogP contribution in [0.4, 0.5) is 0 Å². The van der Waals surface area contributed by atoms with Gasteiger partial charge in [-0.15, -0.1) is 0 Å². The fourth-order valence-corrected chi connectivity index (χ4v) is 1.70. The Bertz CT molecular complexity index is 488. The zero-order valence-electron chi connectivity index (χ0n) is 9.66. The minimum absolute atomic E-state index is 0.598. The van der Waals surface area contributed by atoms with E-state index in [0.717, 1.165) is 23.4 Å². The minimum Gasteiger partial charge on any atom is -0.441 e. The van der Waals surface area contributed by atoms with Crippen molar-refractivity contribution >= 4 is 0 Å². The second-order valence-electron chi connectivity index (χ2n) is 3.93. The van der Waals surface area contributed by atoms with Gasteiger partial charge in [0.1, 0.15) is 5.76 Å². The lowest BCUT2D eigenvalue weighted by atomic mass is 10.1. The van der Waals surface area contributed by atoms with Crippen molar-refractivity contribution in [3.8, 4) is 11.5 Å². The van der Waals surface area contributed by atoms with E-state index in [1.54, 1.807) is 0 Å². The first-order valence-electron chi connectivity index (χ1n) is 5.44. The van der Waals surface area contributed by atoms with Crippen molar-refractivity contribution in [3.05, 3.63) is 41.3 Å². The average Bonchev–Trinajstić information content (AvgIpc) is 2.61. The summed E-state index contributed by atoms with van der Waals surface area (Å²) < 4.78 is 5.64. The third-order valence-electron chi connectivity index (χ3n) is 2.54. The van der Waals surface area contributed by atoms with Crippen molar-refractivity contribution in [2.45, 2.75) is 20.3 Å². The van der Waals surface area contributed by atoms with Gasteiger partial charge in [-0.3, -0.25) is 0 Å². The number of aryl methyl sites for hydroxylation is 2. The maximum atomic E-state index is 5.64. The van der Waals surface area contributed by atoms with Gasteiger partial charge in [0.05, 0.1) is 5.69 Å². The number of nitrogens with zero attached hydrogens (tertiary/aromatic N) is 1. The molecule has 0 aliphatic heterocycles. The molecule has 0 bridgehead atoms. The second-order valence-corrected chi connectivity index (χ2v) is 3.93. The Morgan fingerprint density at radius 2 is 2.12 bits per heavy atom. The lowest BCUT2D eigenvalue weighted by molar-refractivity contribution is 0.539. The number of aromatic nitrogens is 1. The second kappa shape index (κ2) is 4.49. The first-order valence-corrected chi connectivity index (χ1v) is 5.44. The van der Waals surface area contributed by atoms with E-state index in [1.807, 2.05) is 19.1 Å². The van der Waals surface area contributed by atoms with Crippen LogP contribution in [-0.4, -0.2) is 11.5 Å². The van der Waals surface area contributed by atoms with Gasteiger partial charge < -0.3 is 10.2 Å². The summed E-state index contributed by atoms with van der Waals surface area (Å²) in [5, 5.41) is 0. The third-order valence-corrected chi connectivity index (χ3v) is 2.54. The van der Waals surface area contributed by atoms with E-state index in [4.69, 9.17) is 10.2 Å². The van der Waals surface area contributed by atoms with Gasteiger partial charge in [0, 0.05) is 12.0 Å². The highest BCUT2D eigenvalue weighted by molar-refractivity contribution is 5.54. The average molecular weight is 216 g/mol. The molecule has 0 fully saturated rings. The number of oxazole rings is 1. The molecule has 2 rings (SSSR count). The summed E-state index contributed by atoms with van der Waals surface area (Å²) in [6, 6.07) is 8.13. The highest BCUT2D eigenvalue weighted by Crippen LogP contribution is 2.22. The van der Waals surface area contributed by atoms with Crippen LogP contribution in [0.15, 0.2) is 28.7 Å². The van der Waals surface area contributed by atoms with Gasteiger partial charge >= 0.3 is 0 Å². The van der Waals surface area contributed by atoms with Crippen molar-refractivity contribution in [2.24, 2.45) is 5.73 Å². The van der Waals surface area contributed by atoms with E-state index in [1.165, 1.54) is 5.56 Å². The molecule has 1 heterocycles. The predicted molar refractivity (Wildman–Crippen MR) is 64.2 cm³/mol. The molecule has 0 amide bonds. The van der Waals surface area contributed by atoms with Crippen LogP contribution >= 0.6 is 0 Å². The third kappa shape index (κ3) is 2.14. The molecule has 16 heavy (non-hydrogen) atoms. The zero-order chi connectivity index (χ0) is 11.5. The quantitative estimate of drug-likeness (QED) is 0.857. The number of hydrogen-bond donors (Lipinski definition) is 1. The normalized spacial score (nSPS) is 10.7. The van der Waals surface area contributed by atoms with Gasteiger partial charge in [0.2, 0.25) is 5.89 Å². The van der Waals surface area contributed by atoms with E-state index in [9.17, 15) is 0 Å². The van der Waals surface area contributed by atoms with Crippen molar-refractivity contribution in [1.82, 2.24) is 4.98 Å². The van der Waals surface area contributed by atoms with Crippen LogP contribution in [0, 0.1) is 13.8 Å². The molecule has 0 saturated heterocycles. The smallest absolute Gasteiger partial charge is 0.226 e. The molecule has 2 aromatic rings. The Labute approximate surface area is 95.3 Å². The molecule has 1 aromatic heterocycles. The van der Waals surface area contributed by atoms with Gasteiger partial charge in [-0.05, 0) is 32.5 Å². The molecule has 1 aromatic carbocycles. The van der Waals surface area contributed by atoms with Crippen LogP contribution in [0.25, 0.3) is 11.5 Å². The summed E-state index contributed by atoms with van der Waals surface area (Å²) in [6.07, 6.45) is 0.765. The maximum absolute atomic E-state index is 5.64. The monoisotopic (exact) mass is 216 g/mol. The van der Waals surface area contributed by atoms with Crippen LogP contribution in [0.2, 0.25) is 0 Å². The molecule has 0 spiro atoms. The Kier molecular flexibility index (Phi) is 3.06. The maximum Gasteiger partial charge on any atom is 0.226 e. The molecule has 0 saturated carbocycles. The Balaban J connectivity index is 2.37. The Morgan fingerprint density at radius 1 is 1.31 bits per heavy atom. The van der Waals surface area contributed by atoms with Crippen LogP contribution in [0.5, 0.6) is 0 Å². The van der Waals surface area contributed by atoms with Gasteiger partial charge in [-0.1, -0.05) is 17.7 Å². The molecule has 3 heteroatoms. The molecule has 84 valence electrons. The number of rotatable bonds is 3. The number of hydrogen-bond acceptors (Lipinski definition) is 3. The predicted octanol–water partition coefficient (Wildman–Crippen LogP) is 2.46. The summed E-state index contributed by atoms with van der Waals surface area (Å²) >= 11 is 0. The summed E-state index contributed by atoms with van der Waals surface area (Å²) in [5.41, 5.74) is 8.70. The van der Waals surface area contributed by atoms with E-state index < -0.39 is 0 Å². The van der Waals surface area contributed by atoms with Crippen molar-refractivity contribution in [3.63, 3.8) is 0 Å². The highest BCUT2D eigenvalue weighted by Gasteiger charge is 2.10. The fraction of sp³-hybridized carbons (Fsp3) is 0.308. The molecular weight excluding hydrogens is 200 g/mol. The fourth-order valence-electron chi connectivity index (χ4n) is 1.70. The van der Waals surface area contributed by atoms with Crippen LogP contribution in [-0.2, 0) is 6.42 Å². The Hall–Kier alpha value is -1.61. The molecule has 0 atom stereocenters. The number of nitrogens with two attached hydrogens (primary N) is 1. The minimum atomic E-state index is 0.598. The highest BCUT2D eigenvalue weighted by atomic mass is 16.4. The van der Waals surface area contributed by atoms with E-state index in [-0.39, 0.29) is 0 Å². The van der Waals surface area contributed by atoms with Crippen molar-refractivity contribution in [2.75, 3.05) is 6.54 Å². The molecule has 0 radical (unpaired) electrons. The van der Waals surface area contributed by atoms with Gasteiger partial charge in [-0.2, -0.15) is 0 Å². The first kappa shape index (κ1) is 10.9. The summed E-state index contributed by atoms with van der Waals surface area (Å²) in [5.74, 6) is 1.55. The van der Waals surface area contributed by atoms with Gasteiger partial charge in [0.15, 0.2) is 0 Å². The topological polar surface area (TPSA) is 52.0 Å². The SMILES string of the molecule is Cc1cccc(-c2nc(CCN)c(C)o2)c1. The summed E-state index contributed by atoms with van der Waals surface area (Å²) in [7, 11) is 0. The van der Waals surface area contributed by atoms with E-state index in [2.05, 4.69) is 24.0 Å². The standard InChI is InChI=1S/C13H16N2O/c1-9-4-3-5-11(8-9)13-15-12(6-7-14)10(2)16-13/h3-5,8H,6-7,14H2,1-2H3. The zero-order valence-corrected chi connectivity index (χ0v) is 9.66. The van der Waals surface area contributed by atoms with Gasteiger partial charge in [-0.25, -0.2) is 4.98 Å². The largest absolute Gasteiger partial charge is 0.441 e. The van der Waals surface area contributed by atoms with Gasteiger partial charge in [0.25, 0.3) is 0 Å². The van der Waals surface area contributed by atoms with Crippen LogP contribution in [0.1, 0.15) is 17.0 Å².